The number of hydrogen-bond acceptors (Lipinski definition) is 17. The number of fused-ring (bicyclic) bond motifs is 1. The number of carboxylic acid groups (broad SMARTS) is 4. The summed E-state index contributed by atoms with van der Waals surface area (Å²) in [4.78, 5) is 177. The van der Waals surface area contributed by atoms with E-state index >= 15 is 0 Å². The van der Waals surface area contributed by atoms with E-state index in [-0.39, 0.29) is 61.5 Å². The first kappa shape index (κ1) is 69.4. The first-order valence-corrected chi connectivity index (χ1v) is 28.1. The number of guanidine groups is 1. The van der Waals surface area contributed by atoms with E-state index in [9.17, 15) is 82.8 Å². The molecule has 1 aliphatic heterocycles. The number of aliphatic carboxylic acids is 4. The molecule has 0 aromatic heterocycles. The normalized spacial score (nSPS) is 16.3. The fraction of sp³-hybridized carbons (Fsp3) is 0.519. The topological polar surface area (TPSA) is 496 Å². The zero-order valence-corrected chi connectivity index (χ0v) is 48.6. The Morgan fingerprint density at radius 1 is 0.698 bits per heavy atom. The third-order valence-corrected chi connectivity index (χ3v) is 14.1. The molecule has 0 spiro atoms. The van der Waals surface area contributed by atoms with Crippen LogP contribution in [-0.2, 0) is 52.7 Å². The number of ketones is 1. The minimum Gasteiger partial charge on any atom is -0.481 e. The summed E-state index contributed by atoms with van der Waals surface area (Å²) < 4.78 is 0. The van der Waals surface area contributed by atoms with Gasteiger partial charge in [-0.25, -0.2) is 9.59 Å². The van der Waals surface area contributed by atoms with Crippen molar-refractivity contribution in [3.8, 4) is 0 Å². The van der Waals surface area contributed by atoms with E-state index in [0.717, 1.165) is 37.8 Å². The maximum Gasteiger partial charge on any atom is 0.327 e. The quantitative estimate of drug-likeness (QED) is 0.0174. The van der Waals surface area contributed by atoms with Gasteiger partial charge in [-0.15, -0.1) is 0 Å². The van der Waals surface area contributed by atoms with Crippen LogP contribution in [0.4, 0.5) is 21.9 Å². The third-order valence-electron chi connectivity index (χ3n) is 13.8. The molecule has 0 saturated heterocycles. The molecule has 1 heterocycles. The number of nitrogens with one attached hydrogen (secondary N) is 8. The molecule has 9 amide bonds. The predicted octanol–water partition coefficient (Wildman–Crippen LogP) is -1.66. The highest BCUT2D eigenvalue weighted by atomic mass is 32.1. The third kappa shape index (κ3) is 21.8. The largest absolute Gasteiger partial charge is 0.481 e. The van der Waals surface area contributed by atoms with Crippen LogP contribution in [0.5, 0.6) is 0 Å². The molecule has 2 aromatic carbocycles. The van der Waals surface area contributed by atoms with Gasteiger partial charge in [-0.1, -0.05) is 58.2 Å². The van der Waals surface area contributed by atoms with Crippen molar-refractivity contribution in [2.24, 2.45) is 27.6 Å². The number of amides is 9. The van der Waals surface area contributed by atoms with Crippen molar-refractivity contribution in [1.29, 1.82) is 0 Å². The van der Waals surface area contributed by atoms with E-state index in [1.54, 1.807) is 32.9 Å². The van der Waals surface area contributed by atoms with Crippen molar-refractivity contribution in [3.63, 3.8) is 0 Å². The Bertz CT molecular complexity index is 2880. The number of nitrogens with zero attached hydrogens (tertiary/aromatic N) is 3. The van der Waals surface area contributed by atoms with Gasteiger partial charge in [-0.2, -0.15) is 12.6 Å². The van der Waals surface area contributed by atoms with E-state index in [4.69, 9.17) is 17.2 Å². The smallest absolute Gasteiger partial charge is 0.327 e. The summed E-state index contributed by atoms with van der Waals surface area (Å²) in [6.45, 7) is 4.14. The van der Waals surface area contributed by atoms with Crippen LogP contribution >= 0.6 is 12.6 Å². The van der Waals surface area contributed by atoms with Gasteiger partial charge >= 0.3 is 29.9 Å². The number of carboxylic acids is 4. The molecule has 0 bridgehead atoms. The van der Waals surface area contributed by atoms with Crippen molar-refractivity contribution in [2.45, 2.75) is 140 Å². The van der Waals surface area contributed by atoms with Crippen molar-refractivity contribution in [2.75, 3.05) is 47.0 Å². The molecule has 0 unspecified atom stereocenters. The summed E-state index contributed by atoms with van der Waals surface area (Å²) in [5.74, 6) is -14.5. The Balaban J connectivity index is 1.51. The van der Waals surface area contributed by atoms with E-state index in [1.807, 2.05) is 22.8 Å². The van der Waals surface area contributed by atoms with Crippen molar-refractivity contribution in [3.05, 3.63) is 54.1 Å². The molecular weight excluding hydrogens is 1150 g/mol. The number of hydrogen-bond donors (Lipinski definition) is 16. The molecule has 1 aliphatic carbocycles. The van der Waals surface area contributed by atoms with Gasteiger partial charge in [0.05, 0.1) is 30.8 Å². The molecule has 1 fully saturated rings. The summed E-state index contributed by atoms with van der Waals surface area (Å²) in [5, 5.41) is 56.5. The van der Waals surface area contributed by atoms with Crippen molar-refractivity contribution in [1.82, 2.24) is 37.2 Å². The number of aliphatic imine (C=N–C) groups is 1. The molecule has 2 aliphatic rings. The second-order valence-electron chi connectivity index (χ2n) is 21.5. The van der Waals surface area contributed by atoms with Gasteiger partial charge in [-0.3, -0.25) is 57.7 Å². The highest BCUT2D eigenvalue weighted by molar-refractivity contribution is 7.80. The van der Waals surface area contributed by atoms with Crippen LogP contribution in [-0.4, -0.2) is 184 Å². The highest BCUT2D eigenvalue weighted by Gasteiger charge is 2.40. The average Bonchev–Trinajstić information content (AvgIpc) is 2.85. The number of urea groups is 1. The number of anilines is 3. The number of para-hydroxylation sites is 2. The first-order valence-electron chi connectivity index (χ1n) is 27.5. The molecule has 7 atom stereocenters. The number of Topliss-reactive ketones (excluding diaryl/α,β-unsaturated/α-hetero) is 1. The van der Waals surface area contributed by atoms with Crippen molar-refractivity contribution < 1.29 is 82.8 Å². The number of carbonyl (C=O) groups excluding carboxylic acids is 9. The monoisotopic (exact) mass is 1220 g/mol. The molecule has 0 radical (unpaired) electrons. The van der Waals surface area contributed by atoms with Crippen LogP contribution in [0.25, 0.3) is 0 Å². The molecule has 4 rings (SSSR count). The lowest BCUT2D eigenvalue weighted by molar-refractivity contribution is -0.143. The number of rotatable bonds is 31. The fourth-order valence-electron chi connectivity index (χ4n) is 9.09. The number of benzene rings is 2. The first-order chi connectivity index (χ1) is 40.5. The summed E-state index contributed by atoms with van der Waals surface area (Å²) in [6.07, 6.45) is 0.959. The number of carbonyl (C=O) groups is 13. The number of thiol groups is 1. The van der Waals surface area contributed by atoms with Crippen LogP contribution in [0.15, 0.2) is 53.5 Å². The average molecular weight is 1230 g/mol. The second kappa shape index (κ2) is 32.8. The van der Waals surface area contributed by atoms with Gasteiger partial charge in [0.1, 0.15) is 42.3 Å². The molecule has 1 saturated carbocycles. The zero-order chi connectivity index (χ0) is 64.0. The van der Waals surface area contributed by atoms with Crippen LogP contribution in [0.1, 0.15) is 102 Å². The van der Waals surface area contributed by atoms with Gasteiger partial charge in [0.2, 0.25) is 29.5 Å². The van der Waals surface area contributed by atoms with E-state index in [0.29, 0.717) is 5.69 Å². The highest BCUT2D eigenvalue weighted by Crippen LogP contribution is 2.37. The number of nitrogens with two attached hydrogens (primary N) is 3. The minimum absolute atomic E-state index is 0.0412. The van der Waals surface area contributed by atoms with Gasteiger partial charge in [0.15, 0.2) is 11.7 Å². The Morgan fingerprint density at radius 3 is 1.85 bits per heavy atom. The summed E-state index contributed by atoms with van der Waals surface area (Å²) in [5.41, 5.74) is 17.1. The SMILES string of the molecule is CC(C)(C)C(=O)CN1C(=O)[C@H](NC(=O)Nc2cccc(C(=O)N[C@@H](CCC(=O)O)C(=O)N[C@@H](CCCN=C(N)N)C(=O)N[C@@H](CC(=O)O)C(=O)NC[C@H](N)C(=O)N[C@@H](CC(=O)O)C(=O)N[C@H](CS)C(=O)O)c2)CN(C2CCCCC2)c2ccccc21. The molecular formula is C54H76N14O17S. The predicted molar refractivity (Wildman–Crippen MR) is 313 cm³/mol. The van der Waals surface area contributed by atoms with Gasteiger partial charge < -0.3 is 90.0 Å². The summed E-state index contributed by atoms with van der Waals surface area (Å²) in [7, 11) is 0. The van der Waals surface area contributed by atoms with Crippen LogP contribution in [0.3, 0.4) is 0 Å². The van der Waals surface area contributed by atoms with Crippen LogP contribution in [0.2, 0.25) is 0 Å². The maximum atomic E-state index is 14.5. The fourth-order valence-corrected chi connectivity index (χ4v) is 9.34. The Morgan fingerprint density at radius 2 is 1.27 bits per heavy atom. The standard InChI is InChI=1S/C54H76N14O17S/c1-54(2,3)40(69)26-68-39-17-8-7-16-38(39)67(30-13-5-4-6-14-30)25-36(50(68)82)66-53(85)60-29-12-9-11-28(21-29)44(76)61-33(18-19-41(70)71)48(80)62-32(15-10-20-58-52(56)57)47(79)64-34(22-42(72)73)46(78)59-24-31(55)45(77)63-35(23-43(74)75)49(81)65-37(27-86)51(83)84/h7-9,11-12,16-17,21,30-37,86H,4-6,10,13-15,18-20,22-27,55H2,1-3H3,(H,59,78)(H,61,76)(H,62,80)(H,63,77)(H,64,79)(H,65,81)(H,70,71)(H,72,73)(H,74,75)(H,83,84)(H4,56,57,58)(H2,60,66,85)/t31-,32-,33-,34-,35-,36+,37+/m0/s1. The molecule has 470 valence electrons. The lowest BCUT2D eigenvalue weighted by Gasteiger charge is -2.37. The van der Waals surface area contributed by atoms with Gasteiger partial charge in [0.25, 0.3) is 11.8 Å². The Hall–Kier alpha value is -9.07. The Labute approximate surface area is 499 Å². The molecule has 32 heteroatoms. The summed E-state index contributed by atoms with van der Waals surface area (Å²) in [6, 6.07) is 0.207. The van der Waals surface area contributed by atoms with E-state index in [2.05, 4.69) is 54.4 Å². The maximum absolute atomic E-state index is 14.5. The van der Waals surface area contributed by atoms with E-state index < -0.39 is 157 Å². The lowest BCUT2D eigenvalue weighted by atomic mass is 9.90. The molecule has 86 heavy (non-hydrogen) atoms. The zero-order valence-electron chi connectivity index (χ0n) is 47.7. The van der Waals surface area contributed by atoms with Gasteiger partial charge in [0, 0.05) is 54.5 Å². The van der Waals surface area contributed by atoms with Crippen molar-refractivity contribution >= 4 is 113 Å². The molecule has 31 nitrogen and oxygen atoms in total. The van der Waals surface area contributed by atoms with Gasteiger partial charge in [-0.05, 0) is 62.4 Å². The van der Waals surface area contributed by atoms with Crippen LogP contribution < -0.4 is 69.5 Å². The lowest BCUT2D eigenvalue weighted by Crippen LogP contribution is -2.59. The van der Waals surface area contributed by atoms with E-state index in [1.165, 1.54) is 29.2 Å². The van der Waals surface area contributed by atoms with Crippen LogP contribution in [0, 0.1) is 5.41 Å². The minimum atomic E-state index is -1.95. The summed E-state index contributed by atoms with van der Waals surface area (Å²) >= 11 is 3.81. The Kier molecular flexibility index (Phi) is 26.5. The molecule has 2 aromatic rings. The molecule has 18 N–H and O–H groups in total. The second-order valence-corrected chi connectivity index (χ2v) is 21.8.